The Hall–Kier alpha value is -1.27. The van der Waals surface area contributed by atoms with Gasteiger partial charge in [0.15, 0.2) is 6.04 Å². The van der Waals surface area contributed by atoms with Crippen LogP contribution in [-0.4, -0.2) is 27.0 Å². The van der Waals surface area contributed by atoms with E-state index in [9.17, 15) is 13.2 Å². The highest BCUT2D eigenvalue weighted by Crippen LogP contribution is 2.37. The zero-order chi connectivity index (χ0) is 10.3. The first-order valence-electron chi connectivity index (χ1n) is 4.21. The molecule has 14 heavy (non-hydrogen) atoms. The molecule has 1 aromatic rings. The van der Waals surface area contributed by atoms with Gasteiger partial charge in [-0.2, -0.15) is 23.3 Å². The average molecular weight is 206 g/mol. The zero-order valence-electron chi connectivity index (χ0n) is 7.41. The molecule has 1 aromatic heterocycles. The van der Waals surface area contributed by atoms with Gasteiger partial charge in [-0.3, -0.25) is 0 Å². The fraction of sp³-hybridized carbons (Fsp3) is 0.714. The number of aromatic nitrogens is 3. The summed E-state index contributed by atoms with van der Waals surface area (Å²) in [4.78, 5) is 3.71. The minimum absolute atomic E-state index is 0.0140. The SMILES string of the molecule is C[C@@H]1C[C@@H](C(F)(F)F)n2ncnc2N1. The Morgan fingerprint density at radius 1 is 1.57 bits per heavy atom. The van der Waals surface area contributed by atoms with Crippen LogP contribution in [0.5, 0.6) is 0 Å². The van der Waals surface area contributed by atoms with Crippen LogP contribution < -0.4 is 5.32 Å². The van der Waals surface area contributed by atoms with Crippen molar-refractivity contribution in [2.75, 3.05) is 5.32 Å². The van der Waals surface area contributed by atoms with E-state index in [0.717, 1.165) is 11.0 Å². The molecular weight excluding hydrogens is 197 g/mol. The molecule has 7 heteroatoms. The van der Waals surface area contributed by atoms with Gasteiger partial charge in [-0.25, -0.2) is 4.68 Å². The maximum Gasteiger partial charge on any atom is 0.411 e. The molecule has 0 fully saturated rings. The Balaban J connectivity index is 2.37. The van der Waals surface area contributed by atoms with E-state index in [1.165, 1.54) is 0 Å². The summed E-state index contributed by atoms with van der Waals surface area (Å²) in [5.41, 5.74) is 0. The van der Waals surface area contributed by atoms with Crippen LogP contribution in [0.25, 0.3) is 0 Å². The quantitative estimate of drug-likeness (QED) is 0.700. The highest BCUT2D eigenvalue weighted by Gasteiger charge is 2.45. The van der Waals surface area contributed by atoms with Gasteiger partial charge in [0, 0.05) is 6.04 Å². The fourth-order valence-electron chi connectivity index (χ4n) is 1.57. The Labute approximate surface area is 78.1 Å². The van der Waals surface area contributed by atoms with Gasteiger partial charge in [0.2, 0.25) is 5.95 Å². The zero-order valence-corrected chi connectivity index (χ0v) is 7.41. The second kappa shape index (κ2) is 2.86. The maximum atomic E-state index is 12.6. The number of anilines is 1. The maximum absolute atomic E-state index is 12.6. The van der Waals surface area contributed by atoms with Crippen molar-refractivity contribution in [2.45, 2.75) is 31.6 Å². The molecule has 1 aliphatic heterocycles. The number of halogens is 3. The van der Waals surface area contributed by atoms with Gasteiger partial charge in [0.1, 0.15) is 6.33 Å². The van der Waals surface area contributed by atoms with Gasteiger partial charge >= 0.3 is 6.18 Å². The van der Waals surface area contributed by atoms with Crippen LogP contribution in [0.15, 0.2) is 6.33 Å². The van der Waals surface area contributed by atoms with Gasteiger partial charge in [0.25, 0.3) is 0 Å². The predicted octanol–water partition coefficient (Wildman–Crippen LogP) is 1.59. The first-order valence-corrected chi connectivity index (χ1v) is 4.21. The number of alkyl halides is 3. The highest BCUT2D eigenvalue weighted by molar-refractivity contribution is 5.28. The van der Waals surface area contributed by atoms with E-state index in [2.05, 4.69) is 15.4 Å². The molecule has 1 aliphatic rings. The molecule has 0 spiro atoms. The van der Waals surface area contributed by atoms with Gasteiger partial charge in [-0.15, -0.1) is 0 Å². The molecule has 0 bridgehead atoms. The number of hydrogen-bond acceptors (Lipinski definition) is 3. The molecule has 0 saturated carbocycles. The summed E-state index contributed by atoms with van der Waals surface area (Å²) in [5.74, 6) is 0.186. The normalized spacial score (nSPS) is 26.9. The lowest BCUT2D eigenvalue weighted by Crippen LogP contribution is -2.38. The van der Waals surface area contributed by atoms with Crippen molar-refractivity contribution >= 4 is 5.95 Å². The van der Waals surface area contributed by atoms with Gasteiger partial charge < -0.3 is 5.32 Å². The molecular formula is C7H9F3N4. The standard InChI is InChI=1S/C7H9F3N4/c1-4-2-5(7(8,9)10)14-6(13-4)11-3-12-14/h3-5H,2H2,1H3,(H,11,12,13)/t4-,5+/m1/s1. The van der Waals surface area contributed by atoms with Crippen LogP contribution >= 0.6 is 0 Å². The largest absolute Gasteiger partial charge is 0.411 e. The van der Waals surface area contributed by atoms with Crippen LogP contribution in [0.2, 0.25) is 0 Å². The van der Waals surface area contributed by atoms with Crippen LogP contribution in [-0.2, 0) is 0 Å². The third kappa shape index (κ3) is 1.42. The summed E-state index contributed by atoms with van der Waals surface area (Å²) in [7, 11) is 0. The molecule has 0 amide bonds. The molecule has 2 rings (SSSR count). The van der Waals surface area contributed by atoms with Crippen molar-refractivity contribution < 1.29 is 13.2 Å². The van der Waals surface area contributed by atoms with Crippen molar-refractivity contribution in [1.82, 2.24) is 14.8 Å². The monoisotopic (exact) mass is 206 g/mol. The number of nitrogens with zero attached hydrogens (tertiary/aromatic N) is 3. The third-order valence-corrected chi connectivity index (χ3v) is 2.20. The molecule has 0 aliphatic carbocycles. The Morgan fingerprint density at radius 3 is 2.93 bits per heavy atom. The number of rotatable bonds is 0. The number of hydrogen-bond donors (Lipinski definition) is 1. The molecule has 0 saturated heterocycles. The summed E-state index contributed by atoms with van der Waals surface area (Å²) < 4.78 is 38.6. The first kappa shape index (κ1) is 9.29. The van der Waals surface area contributed by atoms with Crippen molar-refractivity contribution in [1.29, 1.82) is 0 Å². The number of nitrogens with one attached hydrogen (secondary N) is 1. The van der Waals surface area contributed by atoms with E-state index in [1.54, 1.807) is 6.92 Å². The molecule has 78 valence electrons. The van der Waals surface area contributed by atoms with E-state index < -0.39 is 12.2 Å². The molecule has 4 nitrogen and oxygen atoms in total. The second-order valence-corrected chi connectivity index (χ2v) is 3.37. The summed E-state index contributed by atoms with van der Waals surface area (Å²) in [6.07, 6.45) is -3.15. The van der Waals surface area contributed by atoms with Crippen molar-refractivity contribution in [3.8, 4) is 0 Å². The summed E-state index contributed by atoms with van der Waals surface area (Å²) in [6, 6.07) is -1.80. The Bertz CT molecular complexity index is 332. The molecule has 0 radical (unpaired) electrons. The summed E-state index contributed by atoms with van der Waals surface area (Å²) in [5, 5.41) is 6.39. The van der Waals surface area contributed by atoms with E-state index in [-0.39, 0.29) is 18.4 Å². The van der Waals surface area contributed by atoms with E-state index in [1.807, 2.05) is 0 Å². The van der Waals surface area contributed by atoms with Crippen LogP contribution in [0.1, 0.15) is 19.4 Å². The van der Waals surface area contributed by atoms with E-state index in [0.29, 0.717) is 0 Å². The van der Waals surface area contributed by atoms with Gasteiger partial charge in [-0.1, -0.05) is 0 Å². The van der Waals surface area contributed by atoms with Gasteiger partial charge in [-0.05, 0) is 13.3 Å². The lowest BCUT2D eigenvalue weighted by Gasteiger charge is -2.30. The van der Waals surface area contributed by atoms with E-state index >= 15 is 0 Å². The molecule has 2 heterocycles. The van der Waals surface area contributed by atoms with Crippen molar-refractivity contribution in [3.05, 3.63) is 6.33 Å². The summed E-state index contributed by atoms with van der Waals surface area (Å²) >= 11 is 0. The number of fused-ring (bicyclic) bond motifs is 1. The first-order chi connectivity index (χ1) is 6.48. The molecule has 0 aromatic carbocycles. The second-order valence-electron chi connectivity index (χ2n) is 3.37. The van der Waals surface area contributed by atoms with Crippen molar-refractivity contribution in [3.63, 3.8) is 0 Å². The van der Waals surface area contributed by atoms with Crippen LogP contribution in [0, 0.1) is 0 Å². The molecule has 0 unspecified atom stereocenters. The van der Waals surface area contributed by atoms with Crippen molar-refractivity contribution in [2.24, 2.45) is 0 Å². The fourth-order valence-corrected chi connectivity index (χ4v) is 1.57. The highest BCUT2D eigenvalue weighted by atomic mass is 19.4. The smallest absolute Gasteiger partial charge is 0.352 e. The Kier molecular flexibility index (Phi) is 1.90. The van der Waals surface area contributed by atoms with Gasteiger partial charge in [0.05, 0.1) is 0 Å². The lowest BCUT2D eigenvalue weighted by atomic mass is 10.1. The average Bonchev–Trinajstić information content (AvgIpc) is 2.47. The molecule has 2 atom stereocenters. The minimum atomic E-state index is -4.27. The van der Waals surface area contributed by atoms with Crippen LogP contribution in [0.4, 0.5) is 19.1 Å². The Morgan fingerprint density at radius 2 is 2.29 bits per heavy atom. The van der Waals surface area contributed by atoms with Crippen LogP contribution in [0.3, 0.4) is 0 Å². The lowest BCUT2D eigenvalue weighted by molar-refractivity contribution is -0.173. The third-order valence-electron chi connectivity index (χ3n) is 2.20. The molecule has 1 N–H and O–H groups in total. The predicted molar refractivity (Wildman–Crippen MR) is 42.8 cm³/mol. The summed E-state index contributed by atoms with van der Waals surface area (Å²) in [6.45, 7) is 1.69. The van der Waals surface area contributed by atoms with E-state index in [4.69, 9.17) is 0 Å². The minimum Gasteiger partial charge on any atom is -0.352 e. The topological polar surface area (TPSA) is 42.7 Å².